The minimum Gasteiger partial charge on any atom is -0.396 e. The molecular formula is C27H44O7. The summed E-state index contributed by atoms with van der Waals surface area (Å²) in [6.45, 7) is 7.59. The molecule has 0 spiro atoms. The maximum atomic E-state index is 13.3. The van der Waals surface area contributed by atoms with Crippen molar-refractivity contribution in [3.63, 3.8) is 0 Å². The van der Waals surface area contributed by atoms with Crippen molar-refractivity contribution in [1.29, 1.82) is 0 Å². The molecule has 34 heavy (non-hydrogen) atoms. The minimum atomic E-state index is -1.42. The van der Waals surface area contributed by atoms with Crippen LogP contribution >= 0.6 is 0 Å². The van der Waals surface area contributed by atoms with E-state index in [1.54, 1.807) is 13.0 Å². The number of hydrogen-bond acceptors (Lipinski definition) is 7. The maximum Gasteiger partial charge on any atom is 0.159 e. The molecule has 194 valence electrons. The molecule has 0 bridgehead atoms. The Morgan fingerprint density at radius 1 is 1.12 bits per heavy atom. The van der Waals surface area contributed by atoms with E-state index in [4.69, 9.17) is 0 Å². The molecule has 0 aromatic heterocycles. The molecule has 3 saturated carbocycles. The second-order valence-electron chi connectivity index (χ2n) is 12.7. The van der Waals surface area contributed by atoms with Crippen LogP contribution in [-0.2, 0) is 4.79 Å². The molecular weight excluding hydrogens is 436 g/mol. The first kappa shape index (κ1) is 26.2. The zero-order chi connectivity index (χ0) is 25.3. The Morgan fingerprint density at radius 3 is 2.44 bits per heavy atom. The van der Waals surface area contributed by atoms with Crippen LogP contribution in [0.25, 0.3) is 0 Å². The number of ketones is 1. The average Bonchev–Trinajstić information content (AvgIpc) is 3.06. The zero-order valence-corrected chi connectivity index (χ0v) is 21.1. The Labute approximate surface area is 202 Å². The van der Waals surface area contributed by atoms with Crippen molar-refractivity contribution in [1.82, 2.24) is 0 Å². The first-order valence-corrected chi connectivity index (χ1v) is 13.1. The second kappa shape index (κ2) is 8.63. The molecule has 11 atom stereocenters. The van der Waals surface area contributed by atoms with Crippen LogP contribution < -0.4 is 0 Å². The van der Waals surface area contributed by atoms with E-state index < -0.39 is 40.3 Å². The fourth-order valence-electron chi connectivity index (χ4n) is 8.37. The van der Waals surface area contributed by atoms with Gasteiger partial charge in [0, 0.05) is 17.9 Å². The third kappa shape index (κ3) is 3.65. The number of carbonyl (C=O) groups is 1. The van der Waals surface area contributed by atoms with Crippen LogP contribution in [0.5, 0.6) is 0 Å². The largest absolute Gasteiger partial charge is 0.396 e. The maximum absolute atomic E-state index is 13.3. The van der Waals surface area contributed by atoms with Gasteiger partial charge in [0.1, 0.15) is 0 Å². The summed E-state index contributed by atoms with van der Waals surface area (Å²) < 4.78 is 0. The summed E-state index contributed by atoms with van der Waals surface area (Å²) >= 11 is 0. The molecule has 4 aliphatic carbocycles. The average molecular weight is 481 g/mol. The monoisotopic (exact) mass is 480 g/mol. The number of allylic oxidation sites excluding steroid dienone is 1. The molecule has 7 nitrogen and oxygen atoms in total. The number of fused-ring (bicyclic) bond motifs is 5. The molecule has 0 amide bonds. The summed E-state index contributed by atoms with van der Waals surface area (Å²) in [5.41, 5.74) is -3.21. The molecule has 4 aliphatic rings. The fourth-order valence-corrected chi connectivity index (χ4v) is 8.37. The number of hydrogen-bond donors (Lipinski definition) is 6. The van der Waals surface area contributed by atoms with E-state index in [0.717, 1.165) is 12.0 Å². The number of aliphatic hydroxyl groups is 6. The van der Waals surface area contributed by atoms with Gasteiger partial charge in [0.25, 0.3) is 0 Å². The predicted octanol–water partition coefficient (Wildman–Crippen LogP) is 1.71. The van der Waals surface area contributed by atoms with E-state index in [9.17, 15) is 35.4 Å². The van der Waals surface area contributed by atoms with E-state index in [-0.39, 0.29) is 42.5 Å². The Balaban J connectivity index is 1.65. The van der Waals surface area contributed by atoms with Gasteiger partial charge in [-0.05, 0) is 93.1 Å². The van der Waals surface area contributed by atoms with Crippen LogP contribution in [-0.4, -0.2) is 72.5 Å². The lowest BCUT2D eigenvalue weighted by Crippen LogP contribution is -2.62. The normalized spacial score (nSPS) is 47.6. The molecule has 0 aliphatic heterocycles. The summed E-state index contributed by atoms with van der Waals surface area (Å²) in [7, 11) is 0. The Kier molecular flexibility index (Phi) is 6.66. The van der Waals surface area contributed by atoms with E-state index in [1.807, 2.05) is 20.8 Å². The summed E-state index contributed by atoms with van der Waals surface area (Å²) in [5.74, 6) is -0.859. The molecule has 0 aromatic carbocycles. The van der Waals surface area contributed by atoms with Gasteiger partial charge >= 0.3 is 0 Å². The minimum absolute atomic E-state index is 0.0326. The first-order valence-electron chi connectivity index (χ1n) is 13.1. The number of rotatable bonds is 6. The lowest BCUT2D eigenvalue weighted by atomic mass is 9.45. The lowest BCUT2D eigenvalue weighted by Gasteiger charge is -2.60. The van der Waals surface area contributed by atoms with Crippen molar-refractivity contribution in [2.45, 2.75) is 109 Å². The molecule has 0 heterocycles. The molecule has 3 fully saturated rings. The van der Waals surface area contributed by atoms with Gasteiger partial charge in [0.05, 0.1) is 29.5 Å². The Morgan fingerprint density at radius 2 is 1.79 bits per heavy atom. The number of carbonyl (C=O) groups excluding carboxylic acids is 1. The summed E-state index contributed by atoms with van der Waals surface area (Å²) in [6, 6.07) is 0. The van der Waals surface area contributed by atoms with Crippen LogP contribution in [0.4, 0.5) is 0 Å². The zero-order valence-electron chi connectivity index (χ0n) is 21.1. The SMILES string of the molecule is C[C@H](CO)CC[C@H](O)[C@](C)(O)[C@@H]1CC[C@]2(O)C3=CC(=O)[C@@H]4C[C@@H](O)[C@@H](O)C[C@]4(C)[C@H]3CC[C@]12C. The van der Waals surface area contributed by atoms with Gasteiger partial charge in [-0.1, -0.05) is 20.8 Å². The van der Waals surface area contributed by atoms with Crippen LogP contribution in [0.15, 0.2) is 11.6 Å². The van der Waals surface area contributed by atoms with E-state index >= 15 is 0 Å². The Hall–Kier alpha value is -0.830. The number of aliphatic hydroxyl groups excluding tert-OH is 4. The van der Waals surface area contributed by atoms with E-state index in [0.29, 0.717) is 38.5 Å². The molecule has 6 N–H and O–H groups in total. The second-order valence-corrected chi connectivity index (χ2v) is 12.7. The van der Waals surface area contributed by atoms with Crippen molar-refractivity contribution in [2.24, 2.45) is 34.5 Å². The molecule has 0 radical (unpaired) electrons. The Bertz CT molecular complexity index is 839. The van der Waals surface area contributed by atoms with Crippen LogP contribution in [0.2, 0.25) is 0 Å². The lowest BCUT2D eigenvalue weighted by molar-refractivity contribution is -0.176. The van der Waals surface area contributed by atoms with Crippen LogP contribution in [0.1, 0.15) is 79.1 Å². The predicted molar refractivity (Wildman–Crippen MR) is 127 cm³/mol. The third-order valence-electron chi connectivity index (χ3n) is 10.7. The summed E-state index contributed by atoms with van der Waals surface area (Å²) in [6.07, 6.45) is 2.65. The third-order valence-corrected chi connectivity index (χ3v) is 10.7. The van der Waals surface area contributed by atoms with Crippen molar-refractivity contribution < 1.29 is 35.4 Å². The highest BCUT2D eigenvalue weighted by molar-refractivity contribution is 5.95. The smallest absolute Gasteiger partial charge is 0.159 e. The molecule has 4 rings (SSSR count). The molecule has 0 aromatic rings. The van der Waals surface area contributed by atoms with Gasteiger partial charge in [-0.15, -0.1) is 0 Å². The van der Waals surface area contributed by atoms with Gasteiger partial charge in [-0.3, -0.25) is 4.79 Å². The van der Waals surface area contributed by atoms with Gasteiger partial charge < -0.3 is 30.6 Å². The van der Waals surface area contributed by atoms with Crippen molar-refractivity contribution in [3.05, 3.63) is 11.6 Å². The van der Waals surface area contributed by atoms with Gasteiger partial charge in [0.15, 0.2) is 5.78 Å². The van der Waals surface area contributed by atoms with Crippen molar-refractivity contribution in [3.8, 4) is 0 Å². The first-order chi connectivity index (χ1) is 15.7. The highest BCUT2D eigenvalue weighted by Gasteiger charge is 2.69. The summed E-state index contributed by atoms with van der Waals surface area (Å²) in [5, 5.41) is 64.7. The van der Waals surface area contributed by atoms with E-state index in [2.05, 4.69) is 0 Å². The van der Waals surface area contributed by atoms with Gasteiger partial charge in [0.2, 0.25) is 0 Å². The van der Waals surface area contributed by atoms with E-state index in [1.165, 1.54) is 0 Å². The van der Waals surface area contributed by atoms with Crippen LogP contribution in [0.3, 0.4) is 0 Å². The highest BCUT2D eigenvalue weighted by Crippen LogP contribution is 2.68. The summed E-state index contributed by atoms with van der Waals surface area (Å²) in [4.78, 5) is 13.3. The highest BCUT2D eigenvalue weighted by atomic mass is 16.3. The van der Waals surface area contributed by atoms with Gasteiger partial charge in [-0.2, -0.15) is 0 Å². The quantitative estimate of drug-likeness (QED) is 0.340. The van der Waals surface area contributed by atoms with Crippen LogP contribution in [0, 0.1) is 34.5 Å². The fraction of sp³-hybridized carbons (Fsp3) is 0.889. The molecule has 0 saturated heterocycles. The van der Waals surface area contributed by atoms with Crippen molar-refractivity contribution >= 4 is 5.78 Å². The standard InChI is InChI=1S/C27H44O7/c1-15(14-28)5-6-23(32)26(4,33)22-8-10-27(34)17-11-19(29)18-12-20(30)21(31)13-24(18,2)16(17)7-9-25(22,27)3/h11,15-16,18,20-23,28,30-34H,5-10,12-14H2,1-4H3/t15-,16-,18-,20+,21-,22+,23-,24+,25+,26+,27-/m0/s1. The van der Waals surface area contributed by atoms with Crippen molar-refractivity contribution in [2.75, 3.05) is 6.61 Å². The molecule has 7 heteroatoms. The molecule has 0 unspecified atom stereocenters. The topological polar surface area (TPSA) is 138 Å². The van der Waals surface area contributed by atoms with Gasteiger partial charge in [-0.25, -0.2) is 0 Å².